The van der Waals surface area contributed by atoms with Gasteiger partial charge in [0.25, 0.3) is 0 Å². The predicted octanol–water partition coefficient (Wildman–Crippen LogP) is 4.98. The van der Waals surface area contributed by atoms with Crippen LogP contribution in [0.5, 0.6) is 5.75 Å². The molecule has 2 aromatic rings. The first-order chi connectivity index (χ1) is 14.5. The maximum Gasteiger partial charge on any atom is 0.205 e. The summed E-state index contributed by atoms with van der Waals surface area (Å²) in [7, 11) is 0. The first-order valence-electron chi connectivity index (χ1n) is 9.49. The molecular formula is C23H18BrFN2O3. The standard InChI is InChI=1S/C23H18BrFN2O3/c24-14-8-9-19(29-12-13-4-1-2-5-17(13)25)15(10-14)21-16(11-26)23(27)30-20-7-3-6-18(28)22(20)21/h1-2,4-5,8-10,21H,3,6-7,12,27H2/t21-/m0/s1. The number of rotatable bonds is 4. The molecular weight excluding hydrogens is 451 g/mol. The summed E-state index contributed by atoms with van der Waals surface area (Å²) in [6.07, 6.45) is 1.64. The highest BCUT2D eigenvalue weighted by Crippen LogP contribution is 2.46. The van der Waals surface area contributed by atoms with Crippen molar-refractivity contribution in [3.05, 3.63) is 86.7 Å². The first-order valence-corrected chi connectivity index (χ1v) is 10.3. The van der Waals surface area contributed by atoms with E-state index in [2.05, 4.69) is 22.0 Å². The smallest absolute Gasteiger partial charge is 0.205 e. The fraction of sp³-hybridized carbons (Fsp3) is 0.217. The van der Waals surface area contributed by atoms with Crippen molar-refractivity contribution in [2.75, 3.05) is 0 Å². The normalized spacial score (nSPS) is 18.6. The summed E-state index contributed by atoms with van der Waals surface area (Å²) in [5.74, 6) is -0.180. The van der Waals surface area contributed by atoms with Crippen molar-refractivity contribution in [2.24, 2.45) is 5.73 Å². The number of carbonyl (C=O) groups is 1. The molecule has 0 unspecified atom stereocenters. The zero-order valence-corrected chi connectivity index (χ0v) is 17.5. The van der Waals surface area contributed by atoms with Crippen LogP contribution in [-0.2, 0) is 16.1 Å². The number of hydrogen-bond acceptors (Lipinski definition) is 5. The van der Waals surface area contributed by atoms with E-state index in [0.717, 1.165) is 4.47 Å². The van der Waals surface area contributed by atoms with Gasteiger partial charge in [0.1, 0.15) is 35.6 Å². The molecule has 1 atom stereocenters. The summed E-state index contributed by atoms with van der Waals surface area (Å²) in [6, 6.07) is 13.8. The molecule has 0 radical (unpaired) electrons. The highest BCUT2D eigenvalue weighted by Gasteiger charge is 2.39. The number of ketones is 1. The van der Waals surface area contributed by atoms with E-state index in [4.69, 9.17) is 15.2 Å². The molecule has 0 saturated carbocycles. The third kappa shape index (κ3) is 3.71. The van der Waals surface area contributed by atoms with Crippen LogP contribution in [0.2, 0.25) is 0 Å². The Morgan fingerprint density at radius 3 is 2.83 bits per heavy atom. The Morgan fingerprint density at radius 1 is 1.27 bits per heavy atom. The van der Waals surface area contributed by atoms with Gasteiger partial charge in [0.15, 0.2) is 5.78 Å². The number of nitrogens with two attached hydrogens (primary N) is 1. The van der Waals surface area contributed by atoms with Crippen LogP contribution in [0.4, 0.5) is 4.39 Å². The second kappa shape index (κ2) is 8.33. The Balaban J connectivity index is 1.79. The summed E-state index contributed by atoms with van der Waals surface area (Å²) in [5, 5.41) is 9.77. The number of hydrogen-bond donors (Lipinski definition) is 1. The quantitative estimate of drug-likeness (QED) is 0.683. The lowest BCUT2D eigenvalue weighted by molar-refractivity contribution is -0.116. The van der Waals surface area contributed by atoms with Crippen LogP contribution >= 0.6 is 15.9 Å². The summed E-state index contributed by atoms with van der Waals surface area (Å²) in [4.78, 5) is 12.8. The lowest BCUT2D eigenvalue weighted by Gasteiger charge is -2.31. The molecule has 1 aliphatic carbocycles. The molecule has 0 aromatic heterocycles. The highest BCUT2D eigenvalue weighted by molar-refractivity contribution is 9.10. The van der Waals surface area contributed by atoms with E-state index in [9.17, 15) is 14.4 Å². The van der Waals surface area contributed by atoms with Gasteiger partial charge in [-0.1, -0.05) is 34.1 Å². The molecule has 2 aliphatic rings. The van der Waals surface area contributed by atoms with Crippen LogP contribution in [0.1, 0.15) is 36.3 Å². The number of Topliss-reactive ketones (excluding diaryl/α,β-unsaturated/α-hetero) is 1. The van der Waals surface area contributed by atoms with E-state index in [1.807, 2.05) is 0 Å². The van der Waals surface area contributed by atoms with Crippen LogP contribution in [0.25, 0.3) is 0 Å². The second-order valence-electron chi connectivity index (χ2n) is 7.10. The van der Waals surface area contributed by atoms with Crippen molar-refractivity contribution in [3.63, 3.8) is 0 Å². The van der Waals surface area contributed by atoms with Gasteiger partial charge in [-0.2, -0.15) is 5.26 Å². The maximum absolute atomic E-state index is 14.0. The third-order valence-electron chi connectivity index (χ3n) is 5.23. The summed E-state index contributed by atoms with van der Waals surface area (Å²) in [5.41, 5.74) is 7.65. The van der Waals surface area contributed by atoms with Crippen molar-refractivity contribution in [3.8, 4) is 11.8 Å². The predicted molar refractivity (Wildman–Crippen MR) is 111 cm³/mol. The van der Waals surface area contributed by atoms with Crippen molar-refractivity contribution in [1.29, 1.82) is 5.26 Å². The lowest BCUT2D eigenvalue weighted by Crippen LogP contribution is -2.27. The second-order valence-corrected chi connectivity index (χ2v) is 8.02. The molecule has 5 nitrogen and oxygen atoms in total. The molecule has 152 valence electrons. The maximum atomic E-state index is 14.0. The summed E-state index contributed by atoms with van der Waals surface area (Å²) in [6.45, 7) is 0.00542. The minimum Gasteiger partial charge on any atom is -0.488 e. The van der Waals surface area contributed by atoms with Crippen molar-refractivity contribution < 1.29 is 18.7 Å². The molecule has 0 saturated heterocycles. The molecule has 30 heavy (non-hydrogen) atoms. The Morgan fingerprint density at radius 2 is 2.07 bits per heavy atom. The van der Waals surface area contributed by atoms with Crippen molar-refractivity contribution in [2.45, 2.75) is 31.8 Å². The number of benzene rings is 2. The first kappa shape index (κ1) is 20.2. The van der Waals surface area contributed by atoms with Gasteiger partial charge in [-0.25, -0.2) is 4.39 Å². The van der Waals surface area contributed by atoms with Crippen LogP contribution < -0.4 is 10.5 Å². The largest absolute Gasteiger partial charge is 0.488 e. The van der Waals surface area contributed by atoms with Gasteiger partial charge in [0, 0.05) is 34.0 Å². The average molecular weight is 469 g/mol. The fourth-order valence-corrected chi connectivity index (χ4v) is 4.19. The molecule has 0 fully saturated rings. The zero-order valence-electron chi connectivity index (χ0n) is 16.0. The number of nitriles is 1. The summed E-state index contributed by atoms with van der Waals surface area (Å²) >= 11 is 3.45. The number of nitrogens with zero attached hydrogens (tertiary/aromatic N) is 1. The molecule has 2 aromatic carbocycles. The van der Waals surface area contributed by atoms with E-state index < -0.39 is 5.92 Å². The number of allylic oxidation sites excluding steroid dienone is 3. The van der Waals surface area contributed by atoms with Crippen molar-refractivity contribution >= 4 is 21.7 Å². The van der Waals surface area contributed by atoms with Gasteiger partial charge in [-0.15, -0.1) is 0 Å². The molecule has 1 heterocycles. The lowest BCUT2D eigenvalue weighted by atomic mass is 9.77. The SMILES string of the molecule is N#CC1=C(N)OC2=C(C(=O)CCC2)[C@H]1c1cc(Br)ccc1OCc1ccccc1F. The van der Waals surface area contributed by atoms with Crippen LogP contribution in [-0.4, -0.2) is 5.78 Å². The molecule has 0 spiro atoms. The Labute approximate surface area is 181 Å². The van der Waals surface area contributed by atoms with Crippen LogP contribution in [0, 0.1) is 17.1 Å². The molecule has 2 N–H and O–H groups in total. The summed E-state index contributed by atoms with van der Waals surface area (Å²) < 4.78 is 26.4. The Bertz CT molecular complexity index is 1130. The van der Waals surface area contributed by atoms with Gasteiger partial charge in [0.05, 0.1) is 5.92 Å². The number of halogens is 2. The van der Waals surface area contributed by atoms with E-state index in [1.165, 1.54) is 6.07 Å². The van der Waals surface area contributed by atoms with Crippen LogP contribution in [0.3, 0.4) is 0 Å². The van der Waals surface area contributed by atoms with E-state index in [0.29, 0.717) is 47.5 Å². The topological polar surface area (TPSA) is 85.3 Å². The average Bonchev–Trinajstić information content (AvgIpc) is 2.73. The number of carbonyl (C=O) groups excluding carboxylic acids is 1. The Kier molecular flexibility index (Phi) is 5.60. The van der Waals surface area contributed by atoms with Gasteiger partial charge in [-0.05, 0) is 30.7 Å². The zero-order chi connectivity index (χ0) is 21.3. The minimum absolute atomic E-state index is 0.00372. The number of ether oxygens (including phenoxy) is 2. The van der Waals surface area contributed by atoms with Crippen molar-refractivity contribution in [1.82, 2.24) is 0 Å². The highest BCUT2D eigenvalue weighted by atomic mass is 79.9. The van der Waals surface area contributed by atoms with E-state index >= 15 is 0 Å². The third-order valence-corrected chi connectivity index (χ3v) is 5.72. The molecule has 0 bridgehead atoms. The van der Waals surface area contributed by atoms with Gasteiger partial charge >= 0.3 is 0 Å². The molecule has 4 rings (SSSR count). The molecule has 0 amide bonds. The minimum atomic E-state index is -0.695. The van der Waals surface area contributed by atoms with E-state index in [-0.39, 0.29) is 29.7 Å². The monoisotopic (exact) mass is 468 g/mol. The van der Waals surface area contributed by atoms with Gasteiger partial charge in [-0.3, -0.25) is 4.79 Å². The van der Waals surface area contributed by atoms with Crippen LogP contribution in [0.15, 0.2) is 69.7 Å². The van der Waals surface area contributed by atoms with Gasteiger partial charge < -0.3 is 15.2 Å². The fourth-order valence-electron chi connectivity index (χ4n) is 3.81. The van der Waals surface area contributed by atoms with E-state index in [1.54, 1.807) is 36.4 Å². The molecule has 7 heteroatoms. The molecule has 1 aliphatic heterocycles. The Hall–Kier alpha value is -3.11. The van der Waals surface area contributed by atoms with Gasteiger partial charge in [0.2, 0.25) is 5.88 Å².